The topological polar surface area (TPSA) is 69.7 Å². The minimum Gasteiger partial charge on any atom is -0.348 e. The Bertz CT molecular complexity index is 1060. The summed E-state index contributed by atoms with van der Waals surface area (Å²) in [5, 5.41) is 3.05. The van der Waals surface area contributed by atoms with Gasteiger partial charge in [0.1, 0.15) is 4.90 Å². The smallest absolute Gasteiger partial charge is 0.251 e. The lowest BCUT2D eigenvalue weighted by Crippen LogP contribution is -2.36. The number of nitrogens with zero attached hydrogens (tertiary/aromatic N) is 2. The lowest BCUT2D eigenvalue weighted by atomic mass is 10.1. The van der Waals surface area contributed by atoms with E-state index in [4.69, 9.17) is 11.6 Å². The number of halogens is 1. The van der Waals surface area contributed by atoms with Crippen molar-refractivity contribution >= 4 is 27.5 Å². The maximum absolute atomic E-state index is 13.0. The summed E-state index contributed by atoms with van der Waals surface area (Å²) >= 11 is 6.22. The van der Waals surface area contributed by atoms with Crippen molar-refractivity contribution in [3.63, 3.8) is 0 Å². The first-order valence-corrected chi connectivity index (χ1v) is 13.1. The van der Waals surface area contributed by atoms with Crippen LogP contribution in [0.2, 0.25) is 5.02 Å². The molecule has 0 aromatic heterocycles. The van der Waals surface area contributed by atoms with Crippen LogP contribution in [0.15, 0.2) is 47.4 Å². The van der Waals surface area contributed by atoms with Gasteiger partial charge >= 0.3 is 0 Å². The highest BCUT2D eigenvalue weighted by Gasteiger charge is 2.28. The Hall–Kier alpha value is -1.93. The van der Waals surface area contributed by atoms with Gasteiger partial charge in [-0.1, -0.05) is 42.3 Å². The average Bonchev–Trinajstić information content (AvgIpc) is 3.31. The zero-order valence-corrected chi connectivity index (χ0v) is 19.8. The van der Waals surface area contributed by atoms with Crippen LogP contribution in [0.4, 0.5) is 0 Å². The van der Waals surface area contributed by atoms with Crippen molar-refractivity contribution in [2.24, 2.45) is 0 Å². The van der Waals surface area contributed by atoms with Gasteiger partial charge in [0.15, 0.2) is 0 Å². The Morgan fingerprint density at radius 3 is 2.34 bits per heavy atom. The maximum atomic E-state index is 13.0. The molecule has 2 heterocycles. The SMILES string of the molecule is O=C(NCc1cccc(CN2CCCC2)c1)c1ccc(Cl)c(S(=O)(=O)N2CCCCC2)c1. The van der Waals surface area contributed by atoms with Gasteiger partial charge in [0, 0.05) is 31.7 Å². The molecule has 172 valence electrons. The van der Waals surface area contributed by atoms with Crippen molar-refractivity contribution in [3.05, 3.63) is 64.2 Å². The Labute approximate surface area is 195 Å². The number of hydrogen-bond acceptors (Lipinski definition) is 4. The number of benzene rings is 2. The lowest BCUT2D eigenvalue weighted by molar-refractivity contribution is 0.0950. The molecule has 4 rings (SSSR count). The summed E-state index contributed by atoms with van der Waals surface area (Å²) in [6, 6.07) is 12.7. The molecular weight excluding hydrogens is 446 g/mol. The van der Waals surface area contributed by atoms with Crippen molar-refractivity contribution in [1.82, 2.24) is 14.5 Å². The van der Waals surface area contributed by atoms with Crippen molar-refractivity contribution in [3.8, 4) is 0 Å². The van der Waals surface area contributed by atoms with Crippen LogP contribution in [0.3, 0.4) is 0 Å². The number of nitrogens with one attached hydrogen (secondary N) is 1. The van der Waals surface area contributed by atoms with E-state index in [2.05, 4.69) is 22.3 Å². The molecular formula is C24H30ClN3O3S. The largest absolute Gasteiger partial charge is 0.348 e. The minimum atomic E-state index is -3.72. The highest BCUT2D eigenvalue weighted by molar-refractivity contribution is 7.89. The molecule has 6 nitrogen and oxygen atoms in total. The standard InChI is InChI=1S/C24H30ClN3O3S/c25-22-10-9-21(16-23(22)32(30,31)28-13-2-1-3-14-28)24(29)26-17-19-7-6-8-20(15-19)18-27-11-4-5-12-27/h6-10,15-16H,1-5,11-14,17-18H2,(H,26,29). The fourth-order valence-corrected chi connectivity index (χ4v) is 6.43. The first kappa shape index (κ1) is 23.2. The summed E-state index contributed by atoms with van der Waals surface area (Å²) in [7, 11) is -3.72. The van der Waals surface area contributed by atoms with Gasteiger partial charge in [-0.05, 0) is 68.1 Å². The molecule has 0 unspecified atom stereocenters. The summed E-state index contributed by atoms with van der Waals surface area (Å²) in [6.07, 6.45) is 5.22. The minimum absolute atomic E-state index is 0.00123. The Morgan fingerprint density at radius 2 is 1.59 bits per heavy atom. The van der Waals surface area contributed by atoms with Crippen LogP contribution in [0.25, 0.3) is 0 Å². The van der Waals surface area contributed by atoms with E-state index in [0.717, 1.165) is 44.5 Å². The van der Waals surface area contributed by atoms with Gasteiger partial charge in [-0.25, -0.2) is 8.42 Å². The zero-order valence-electron chi connectivity index (χ0n) is 18.2. The molecule has 2 saturated heterocycles. The van der Waals surface area contributed by atoms with Crippen LogP contribution in [0.1, 0.15) is 53.6 Å². The number of sulfonamides is 1. The predicted octanol–water partition coefficient (Wildman–Crippen LogP) is 4.04. The predicted molar refractivity (Wildman–Crippen MR) is 126 cm³/mol. The quantitative estimate of drug-likeness (QED) is 0.656. The van der Waals surface area contributed by atoms with Crippen molar-refractivity contribution in [2.45, 2.75) is 50.1 Å². The summed E-state index contributed by atoms with van der Waals surface area (Å²) in [5.41, 5.74) is 2.54. The van der Waals surface area contributed by atoms with Crippen molar-refractivity contribution in [1.29, 1.82) is 0 Å². The molecule has 0 spiro atoms. The fourth-order valence-electron chi connectivity index (χ4n) is 4.41. The van der Waals surface area contributed by atoms with E-state index in [9.17, 15) is 13.2 Å². The second-order valence-electron chi connectivity index (χ2n) is 8.60. The molecule has 0 saturated carbocycles. The molecule has 2 aliphatic heterocycles. The van der Waals surface area contributed by atoms with Gasteiger partial charge in [0.25, 0.3) is 5.91 Å². The summed E-state index contributed by atoms with van der Waals surface area (Å²) in [5.74, 6) is -0.318. The van der Waals surface area contributed by atoms with Crippen molar-refractivity contribution in [2.75, 3.05) is 26.2 Å². The number of carbonyl (C=O) groups is 1. The second kappa shape index (κ2) is 10.3. The van der Waals surface area contributed by atoms with Gasteiger partial charge in [-0.15, -0.1) is 0 Å². The van der Waals surface area contributed by atoms with Gasteiger partial charge in [-0.3, -0.25) is 9.69 Å². The van der Waals surface area contributed by atoms with Gasteiger partial charge in [0.2, 0.25) is 10.0 Å². The highest BCUT2D eigenvalue weighted by Crippen LogP contribution is 2.28. The molecule has 32 heavy (non-hydrogen) atoms. The van der Waals surface area contributed by atoms with Crippen LogP contribution in [-0.4, -0.2) is 49.7 Å². The van der Waals surface area contributed by atoms with E-state index in [1.54, 1.807) is 6.07 Å². The molecule has 2 aromatic rings. The Balaban J connectivity index is 1.43. The molecule has 0 aliphatic carbocycles. The van der Waals surface area contributed by atoms with Crippen LogP contribution >= 0.6 is 11.6 Å². The lowest BCUT2D eigenvalue weighted by Gasteiger charge is -2.26. The van der Waals surface area contributed by atoms with E-state index in [1.165, 1.54) is 34.8 Å². The molecule has 0 radical (unpaired) electrons. The molecule has 2 aromatic carbocycles. The van der Waals surface area contributed by atoms with Crippen LogP contribution < -0.4 is 5.32 Å². The summed E-state index contributed by atoms with van der Waals surface area (Å²) in [6.45, 7) is 4.56. The normalized spacial score (nSPS) is 18.0. The van der Waals surface area contributed by atoms with Gasteiger partial charge in [0.05, 0.1) is 5.02 Å². The molecule has 8 heteroatoms. The third-order valence-electron chi connectivity index (χ3n) is 6.18. The number of likely N-dealkylation sites (tertiary alicyclic amines) is 1. The number of carbonyl (C=O) groups excluding carboxylic acids is 1. The third-order valence-corrected chi connectivity index (χ3v) is 8.56. The monoisotopic (exact) mass is 475 g/mol. The number of amides is 1. The van der Waals surface area contributed by atoms with Gasteiger partial charge in [-0.2, -0.15) is 4.31 Å². The van der Waals surface area contributed by atoms with Gasteiger partial charge < -0.3 is 5.32 Å². The van der Waals surface area contributed by atoms with Crippen LogP contribution in [0.5, 0.6) is 0 Å². The summed E-state index contributed by atoms with van der Waals surface area (Å²) in [4.78, 5) is 15.2. The molecule has 0 bridgehead atoms. The van der Waals surface area contributed by atoms with Crippen LogP contribution in [0, 0.1) is 0 Å². The molecule has 1 N–H and O–H groups in total. The molecule has 2 fully saturated rings. The zero-order chi connectivity index (χ0) is 22.6. The fraction of sp³-hybridized carbons (Fsp3) is 0.458. The molecule has 2 aliphatic rings. The second-order valence-corrected chi connectivity index (χ2v) is 10.9. The third kappa shape index (κ3) is 5.52. The van der Waals surface area contributed by atoms with E-state index in [1.807, 2.05) is 12.1 Å². The highest BCUT2D eigenvalue weighted by atomic mass is 35.5. The summed E-state index contributed by atoms with van der Waals surface area (Å²) < 4.78 is 27.6. The number of piperidine rings is 1. The first-order chi connectivity index (χ1) is 15.4. The van der Waals surface area contributed by atoms with E-state index >= 15 is 0 Å². The number of rotatable bonds is 7. The van der Waals surface area contributed by atoms with Crippen molar-refractivity contribution < 1.29 is 13.2 Å². The van der Waals surface area contributed by atoms with E-state index in [-0.39, 0.29) is 15.8 Å². The first-order valence-electron chi connectivity index (χ1n) is 11.3. The average molecular weight is 476 g/mol. The Kier molecular flexibility index (Phi) is 7.51. The van der Waals surface area contributed by atoms with E-state index < -0.39 is 10.0 Å². The number of hydrogen-bond donors (Lipinski definition) is 1. The van der Waals surface area contributed by atoms with E-state index in [0.29, 0.717) is 25.2 Å². The Morgan fingerprint density at radius 1 is 0.906 bits per heavy atom. The van der Waals surface area contributed by atoms with Crippen LogP contribution in [-0.2, 0) is 23.1 Å². The molecule has 0 atom stereocenters. The maximum Gasteiger partial charge on any atom is 0.251 e. The molecule has 1 amide bonds.